The lowest BCUT2D eigenvalue weighted by atomic mass is 9.73. The number of hydrogen-bond acceptors (Lipinski definition) is 6. The Labute approximate surface area is 235 Å². The third-order valence-corrected chi connectivity index (χ3v) is 7.97. The number of likely N-dealkylation sites (N-methyl/N-ethyl adjacent to an activating group) is 2. The summed E-state index contributed by atoms with van der Waals surface area (Å²) < 4.78 is 0. The maximum Gasteiger partial charge on any atom is 0.488 e. The van der Waals surface area contributed by atoms with Crippen LogP contribution < -0.4 is 21.6 Å². The van der Waals surface area contributed by atoms with Gasteiger partial charge < -0.3 is 30.7 Å². The summed E-state index contributed by atoms with van der Waals surface area (Å²) >= 11 is 0. The van der Waals surface area contributed by atoms with Crippen molar-refractivity contribution in [2.24, 2.45) is 0 Å². The van der Waals surface area contributed by atoms with Crippen molar-refractivity contribution in [3.05, 3.63) is 119 Å². The Hall–Kier alpha value is -3.49. The molecule has 5 aromatic rings. The van der Waals surface area contributed by atoms with Gasteiger partial charge in [0.05, 0.1) is 0 Å². The molecular formula is C32H34B2N2O4. The first-order valence-corrected chi connectivity index (χ1v) is 13.6. The van der Waals surface area contributed by atoms with Gasteiger partial charge in [-0.05, 0) is 81.7 Å². The van der Waals surface area contributed by atoms with Crippen molar-refractivity contribution < 1.29 is 20.1 Å². The van der Waals surface area contributed by atoms with E-state index >= 15 is 0 Å². The fourth-order valence-corrected chi connectivity index (χ4v) is 6.02. The summed E-state index contributed by atoms with van der Waals surface area (Å²) in [5.41, 5.74) is 5.06. The van der Waals surface area contributed by atoms with Crippen LogP contribution in [-0.2, 0) is 12.8 Å². The summed E-state index contributed by atoms with van der Waals surface area (Å²) in [5.74, 6) is 0. The van der Waals surface area contributed by atoms with Crippen LogP contribution >= 0.6 is 0 Å². The molecule has 2 atom stereocenters. The molecule has 0 aliphatic rings. The number of rotatable bonds is 10. The maximum absolute atomic E-state index is 10.0. The van der Waals surface area contributed by atoms with Gasteiger partial charge in [-0.1, -0.05) is 97.1 Å². The Morgan fingerprint density at radius 3 is 1.10 bits per heavy atom. The lowest BCUT2D eigenvalue weighted by Crippen LogP contribution is -2.37. The van der Waals surface area contributed by atoms with Gasteiger partial charge in [0.2, 0.25) is 0 Å². The molecule has 0 amide bonds. The minimum atomic E-state index is -1.55. The topological polar surface area (TPSA) is 105 Å². The van der Waals surface area contributed by atoms with Crippen molar-refractivity contribution in [2.45, 2.75) is 24.9 Å². The molecule has 2 unspecified atom stereocenters. The predicted octanol–water partition coefficient (Wildman–Crippen LogP) is 2.36. The fraction of sp³-hybridized carbons (Fsp3) is 0.188. The van der Waals surface area contributed by atoms with Gasteiger partial charge in [0, 0.05) is 12.1 Å². The molecule has 40 heavy (non-hydrogen) atoms. The number of hydrogen-bond donors (Lipinski definition) is 6. The van der Waals surface area contributed by atoms with Crippen LogP contribution in [0, 0.1) is 0 Å². The first kappa shape index (κ1) is 28.1. The quantitative estimate of drug-likeness (QED) is 0.122. The Bertz CT molecular complexity index is 1450. The van der Waals surface area contributed by atoms with Crippen LogP contribution in [0.2, 0.25) is 0 Å². The molecule has 5 rings (SSSR count). The Balaban J connectivity index is 1.67. The van der Waals surface area contributed by atoms with Gasteiger partial charge in [0.15, 0.2) is 0 Å². The van der Waals surface area contributed by atoms with Gasteiger partial charge in [-0.2, -0.15) is 0 Å². The zero-order chi connectivity index (χ0) is 28.2. The lowest BCUT2D eigenvalue weighted by molar-refractivity contribution is 0.423. The van der Waals surface area contributed by atoms with Crippen LogP contribution in [0.15, 0.2) is 97.1 Å². The van der Waals surface area contributed by atoms with E-state index in [4.69, 9.17) is 0 Å². The van der Waals surface area contributed by atoms with E-state index in [0.717, 1.165) is 32.7 Å². The van der Waals surface area contributed by atoms with E-state index in [9.17, 15) is 20.1 Å². The molecule has 8 heteroatoms. The summed E-state index contributed by atoms with van der Waals surface area (Å²) in [4.78, 5) is 0. The standard InChI is InChI=1S/C32H34B2N2O4/c1-35-31(25-15-7-9-17-29(25)33(37)38)19-27-21-11-3-5-13-23(21)28(24-14-6-4-12-22(24)27)20-32(36-2)26-16-8-10-18-30(26)34(39)40/h3-18,31-32,35-40H,19-20H2,1-2H3. The highest BCUT2D eigenvalue weighted by atomic mass is 16.4. The lowest BCUT2D eigenvalue weighted by Gasteiger charge is -2.25. The molecule has 0 saturated heterocycles. The van der Waals surface area contributed by atoms with Crippen LogP contribution in [-0.4, -0.2) is 48.4 Å². The minimum absolute atomic E-state index is 0.140. The minimum Gasteiger partial charge on any atom is -0.423 e. The summed E-state index contributed by atoms with van der Waals surface area (Å²) in [6.07, 6.45) is 1.30. The first-order valence-electron chi connectivity index (χ1n) is 13.6. The summed E-state index contributed by atoms with van der Waals surface area (Å²) in [7, 11) is 0.687. The molecule has 0 bridgehead atoms. The van der Waals surface area contributed by atoms with Gasteiger partial charge in [-0.15, -0.1) is 0 Å². The molecule has 0 heterocycles. The van der Waals surface area contributed by atoms with E-state index < -0.39 is 14.2 Å². The highest BCUT2D eigenvalue weighted by Crippen LogP contribution is 2.37. The molecule has 0 aliphatic heterocycles. The Morgan fingerprint density at radius 1 is 0.500 bits per heavy atom. The fourth-order valence-electron chi connectivity index (χ4n) is 6.02. The van der Waals surface area contributed by atoms with Gasteiger partial charge in [-0.3, -0.25) is 0 Å². The largest absolute Gasteiger partial charge is 0.488 e. The molecule has 202 valence electrons. The van der Waals surface area contributed by atoms with Crippen LogP contribution in [0.4, 0.5) is 0 Å². The van der Waals surface area contributed by atoms with Gasteiger partial charge in [-0.25, -0.2) is 0 Å². The third-order valence-electron chi connectivity index (χ3n) is 7.97. The van der Waals surface area contributed by atoms with E-state index in [1.165, 1.54) is 11.1 Å². The summed E-state index contributed by atoms with van der Waals surface area (Å²) in [6, 6.07) is 31.4. The van der Waals surface area contributed by atoms with E-state index in [1.54, 1.807) is 12.1 Å². The Kier molecular flexibility index (Phi) is 8.66. The maximum atomic E-state index is 10.0. The molecule has 0 saturated carbocycles. The van der Waals surface area contributed by atoms with Crippen LogP contribution in [0.1, 0.15) is 34.3 Å². The monoisotopic (exact) mass is 532 g/mol. The van der Waals surface area contributed by atoms with Gasteiger partial charge in [0.25, 0.3) is 0 Å². The van der Waals surface area contributed by atoms with Crippen molar-refractivity contribution in [3.8, 4) is 0 Å². The SMILES string of the molecule is CNC(Cc1c2ccccc2c(CC(NC)c2ccccc2B(O)O)c2ccccc12)c1ccccc1B(O)O. The van der Waals surface area contributed by atoms with Crippen molar-refractivity contribution in [1.82, 2.24) is 10.6 Å². The molecule has 0 spiro atoms. The van der Waals surface area contributed by atoms with E-state index in [1.807, 2.05) is 50.5 Å². The highest BCUT2D eigenvalue weighted by Gasteiger charge is 2.25. The average molecular weight is 532 g/mol. The molecule has 0 radical (unpaired) electrons. The van der Waals surface area contributed by atoms with Gasteiger partial charge in [0.1, 0.15) is 0 Å². The number of fused-ring (bicyclic) bond motifs is 2. The number of nitrogens with one attached hydrogen (secondary N) is 2. The second kappa shape index (κ2) is 12.4. The summed E-state index contributed by atoms with van der Waals surface area (Å²) in [6.45, 7) is 0. The normalized spacial score (nSPS) is 12.9. The van der Waals surface area contributed by atoms with Crippen LogP contribution in [0.3, 0.4) is 0 Å². The van der Waals surface area contributed by atoms with Crippen molar-refractivity contribution in [1.29, 1.82) is 0 Å². The van der Waals surface area contributed by atoms with Gasteiger partial charge >= 0.3 is 14.2 Å². The van der Waals surface area contributed by atoms with Crippen molar-refractivity contribution in [3.63, 3.8) is 0 Å². The summed E-state index contributed by atoms with van der Waals surface area (Å²) in [5, 5.41) is 51.5. The molecule has 0 aliphatic carbocycles. The highest BCUT2D eigenvalue weighted by molar-refractivity contribution is 6.59. The van der Waals surface area contributed by atoms with Crippen molar-refractivity contribution >= 4 is 46.7 Å². The zero-order valence-corrected chi connectivity index (χ0v) is 22.8. The Morgan fingerprint density at radius 2 is 0.800 bits per heavy atom. The molecule has 6 nitrogen and oxygen atoms in total. The molecule has 6 N–H and O–H groups in total. The second-order valence-corrected chi connectivity index (χ2v) is 10.1. The van der Waals surface area contributed by atoms with Crippen LogP contribution in [0.5, 0.6) is 0 Å². The second-order valence-electron chi connectivity index (χ2n) is 10.1. The van der Waals surface area contributed by atoms with E-state index in [-0.39, 0.29) is 12.1 Å². The third kappa shape index (κ3) is 5.43. The van der Waals surface area contributed by atoms with E-state index in [0.29, 0.717) is 23.8 Å². The van der Waals surface area contributed by atoms with Crippen molar-refractivity contribution in [2.75, 3.05) is 14.1 Å². The smallest absolute Gasteiger partial charge is 0.423 e. The molecule has 5 aromatic carbocycles. The zero-order valence-electron chi connectivity index (χ0n) is 22.8. The number of benzene rings is 5. The van der Waals surface area contributed by atoms with Crippen LogP contribution in [0.25, 0.3) is 21.5 Å². The molecule has 0 fully saturated rings. The average Bonchev–Trinajstić information content (AvgIpc) is 2.99. The molecular weight excluding hydrogens is 498 g/mol. The predicted molar refractivity (Wildman–Crippen MR) is 165 cm³/mol. The van der Waals surface area contributed by atoms with E-state index in [2.05, 4.69) is 59.2 Å². The first-order chi connectivity index (χ1) is 19.4. The molecule has 0 aromatic heterocycles.